The molecule has 0 bridgehead atoms. The molecule has 1 N–H and O–H groups in total. The van der Waals surface area contributed by atoms with Crippen molar-refractivity contribution in [1.82, 2.24) is 10.1 Å². The summed E-state index contributed by atoms with van der Waals surface area (Å²) in [5.74, 6) is 0.978. The third-order valence-electron chi connectivity index (χ3n) is 7.16. The van der Waals surface area contributed by atoms with Crippen LogP contribution in [0.15, 0.2) is 112 Å². The number of nitrogens with zero attached hydrogens (tertiary/aromatic N) is 2. The van der Waals surface area contributed by atoms with Gasteiger partial charge in [-0.1, -0.05) is 47.1 Å². The van der Waals surface area contributed by atoms with E-state index in [4.69, 9.17) is 25.6 Å². The molecule has 1 atom stereocenters. The van der Waals surface area contributed by atoms with E-state index < -0.39 is 16.8 Å². The number of methoxy groups -OCH3 is 2. The summed E-state index contributed by atoms with van der Waals surface area (Å²) in [6, 6.07) is 23.8. The van der Waals surface area contributed by atoms with E-state index >= 15 is 4.39 Å². The molecule has 0 amide bonds. The highest BCUT2D eigenvalue weighted by molar-refractivity contribution is 7.86. The minimum absolute atomic E-state index is 0.243. The topological polar surface area (TPSA) is 97.7 Å². The molecule has 222 valence electrons. The highest BCUT2D eigenvalue weighted by Crippen LogP contribution is 2.39. The Balaban J connectivity index is 1.41. The number of aromatic amines is 1. The Labute approximate surface area is 259 Å². The normalized spacial score (nSPS) is 11.8. The van der Waals surface area contributed by atoms with Crippen LogP contribution in [0.1, 0.15) is 5.56 Å². The Bertz CT molecular complexity index is 2050. The van der Waals surface area contributed by atoms with Crippen LogP contribution in [-0.4, -0.2) is 28.6 Å². The van der Waals surface area contributed by atoms with Crippen molar-refractivity contribution in [3.05, 3.63) is 124 Å². The van der Waals surface area contributed by atoms with Crippen LogP contribution in [0.5, 0.6) is 11.5 Å². The number of nitrogens with one attached hydrogen (secondary N) is 1. The number of hydrogen-bond donors (Lipinski definition) is 1. The smallest absolute Gasteiger partial charge is 0.255 e. The Kier molecular flexibility index (Phi) is 8.19. The monoisotopic (exact) mass is 629 g/mol. The predicted octanol–water partition coefficient (Wildman–Crippen LogP) is 7.39. The number of hydrogen-bond acceptors (Lipinski definition) is 6. The molecule has 0 radical (unpaired) electrons. The molecule has 11 heteroatoms. The first kappa shape index (κ1) is 29.2. The molecule has 6 aromatic rings. The lowest BCUT2D eigenvalue weighted by Gasteiger charge is -2.21. The molecular formula is C33H25ClFN3O5S. The van der Waals surface area contributed by atoms with Crippen molar-refractivity contribution in [1.29, 1.82) is 0 Å². The molecule has 0 saturated heterocycles. The largest absolute Gasteiger partial charge is 0.497 e. The van der Waals surface area contributed by atoms with E-state index in [1.165, 1.54) is 25.6 Å². The SMILES string of the molecule is COc1ccc(CN(c2ccon2)S(=O)c2ccc3c(-c4cc(F)c(-c5cccc(Cl)c5)cc4OC)c[nH]c(=O)c3c2)cc1. The van der Waals surface area contributed by atoms with Gasteiger partial charge in [0.25, 0.3) is 5.56 Å². The highest BCUT2D eigenvalue weighted by Gasteiger charge is 2.22. The van der Waals surface area contributed by atoms with E-state index in [0.717, 1.165) is 5.56 Å². The van der Waals surface area contributed by atoms with Crippen molar-refractivity contribution in [2.75, 3.05) is 18.5 Å². The van der Waals surface area contributed by atoms with Crippen LogP contribution in [-0.2, 0) is 17.5 Å². The molecule has 2 heterocycles. The maximum atomic E-state index is 15.5. The second-order valence-corrected chi connectivity index (χ2v) is 11.6. The molecule has 0 spiro atoms. The predicted molar refractivity (Wildman–Crippen MR) is 169 cm³/mol. The van der Waals surface area contributed by atoms with Gasteiger partial charge in [0.15, 0.2) is 16.8 Å². The minimum Gasteiger partial charge on any atom is -0.497 e. The number of aromatic nitrogens is 2. The quantitative estimate of drug-likeness (QED) is 0.179. The summed E-state index contributed by atoms with van der Waals surface area (Å²) in [6.45, 7) is 0.243. The van der Waals surface area contributed by atoms with Crippen molar-refractivity contribution in [3.63, 3.8) is 0 Å². The fraction of sp³-hybridized carbons (Fsp3) is 0.0909. The second kappa shape index (κ2) is 12.4. The fourth-order valence-corrected chi connectivity index (χ4v) is 6.34. The van der Waals surface area contributed by atoms with Crippen molar-refractivity contribution >= 4 is 39.2 Å². The van der Waals surface area contributed by atoms with Gasteiger partial charge in [-0.25, -0.2) is 8.60 Å². The Hall–Kier alpha value is -4.93. The van der Waals surface area contributed by atoms with Crippen LogP contribution >= 0.6 is 11.6 Å². The van der Waals surface area contributed by atoms with E-state index in [9.17, 15) is 9.00 Å². The van der Waals surface area contributed by atoms with Gasteiger partial charge in [-0.15, -0.1) is 0 Å². The average molecular weight is 630 g/mol. The molecule has 8 nitrogen and oxygen atoms in total. The first-order valence-electron chi connectivity index (χ1n) is 13.4. The molecule has 0 saturated carbocycles. The summed E-state index contributed by atoms with van der Waals surface area (Å²) in [7, 11) is 1.30. The summed E-state index contributed by atoms with van der Waals surface area (Å²) >= 11 is 6.14. The Morgan fingerprint density at radius 2 is 1.75 bits per heavy atom. The van der Waals surface area contributed by atoms with Crippen molar-refractivity contribution in [2.24, 2.45) is 0 Å². The van der Waals surface area contributed by atoms with Gasteiger partial charge in [0, 0.05) is 39.4 Å². The van der Waals surface area contributed by atoms with Gasteiger partial charge in [-0.2, -0.15) is 0 Å². The van der Waals surface area contributed by atoms with Crippen LogP contribution in [0.2, 0.25) is 5.02 Å². The molecule has 4 aromatic carbocycles. The molecule has 0 fully saturated rings. The van der Waals surface area contributed by atoms with Crippen molar-refractivity contribution in [2.45, 2.75) is 11.4 Å². The molecule has 0 aliphatic carbocycles. The van der Waals surface area contributed by atoms with Crippen LogP contribution in [0, 0.1) is 5.82 Å². The van der Waals surface area contributed by atoms with E-state index in [0.29, 0.717) is 54.9 Å². The number of benzene rings is 4. The molecule has 2 aromatic heterocycles. The third kappa shape index (κ3) is 5.69. The van der Waals surface area contributed by atoms with E-state index in [2.05, 4.69) is 10.1 Å². The highest BCUT2D eigenvalue weighted by atomic mass is 35.5. The number of pyridine rings is 1. The second-order valence-electron chi connectivity index (χ2n) is 9.77. The van der Waals surface area contributed by atoms with Crippen molar-refractivity contribution < 1.29 is 22.6 Å². The summed E-state index contributed by atoms with van der Waals surface area (Å²) in [5.41, 5.74) is 2.37. The lowest BCUT2D eigenvalue weighted by Crippen LogP contribution is -2.25. The van der Waals surface area contributed by atoms with Crippen LogP contribution in [0.25, 0.3) is 33.0 Å². The summed E-state index contributed by atoms with van der Waals surface area (Å²) in [6.07, 6.45) is 2.91. The van der Waals surface area contributed by atoms with E-state index in [1.54, 1.807) is 66.0 Å². The fourth-order valence-electron chi connectivity index (χ4n) is 4.96. The lowest BCUT2D eigenvalue weighted by molar-refractivity contribution is 0.414. The van der Waals surface area contributed by atoms with Gasteiger partial charge < -0.3 is 19.0 Å². The van der Waals surface area contributed by atoms with E-state index in [-0.39, 0.29) is 17.5 Å². The molecule has 0 aliphatic rings. The zero-order valence-electron chi connectivity index (χ0n) is 23.5. The van der Waals surface area contributed by atoms with Gasteiger partial charge >= 0.3 is 0 Å². The van der Waals surface area contributed by atoms with Crippen LogP contribution in [0.4, 0.5) is 10.2 Å². The number of halogens is 2. The lowest BCUT2D eigenvalue weighted by atomic mass is 9.96. The standard InChI is InChI=1S/C33H25ClFN3O5S/c1-41-23-8-6-20(7-9-23)19-38(32-12-13-43-37-32)44(40)24-10-11-25-28(15-24)33(39)36-18-29(25)27-16-30(35)26(17-31(27)42-2)21-4-3-5-22(34)14-21/h3-18H,19H2,1-2H3,(H,36,39). The Morgan fingerprint density at radius 1 is 0.932 bits per heavy atom. The summed E-state index contributed by atoms with van der Waals surface area (Å²) in [5, 5.41) is 5.29. The van der Waals surface area contributed by atoms with Gasteiger partial charge in [0.1, 0.15) is 23.6 Å². The minimum atomic E-state index is -1.78. The molecule has 6 rings (SSSR count). The molecule has 44 heavy (non-hydrogen) atoms. The van der Waals surface area contributed by atoms with E-state index in [1.807, 2.05) is 24.3 Å². The number of anilines is 1. The number of rotatable bonds is 9. The maximum Gasteiger partial charge on any atom is 0.255 e. The average Bonchev–Trinajstić information content (AvgIpc) is 3.58. The molecule has 0 aliphatic heterocycles. The first-order valence-corrected chi connectivity index (χ1v) is 14.9. The van der Waals surface area contributed by atoms with Crippen molar-refractivity contribution in [3.8, 4) is 33.8 Å². The zero-order chi connectivity index (χ0) is 30.8. The number of H-pyrrole nitrogens is 1. The number of fused-ring (bicyclic) bond motifs is 1. The maximum absolute atomic E-state index is 15.5. The number of ether oxygens (including phenoxy) is 2. The first-order chi connectivity index (χ1) is 21.4. The van der Waals surface area contributed by atoms with Gasteiger partial charge in [-0.05, 0) is 65.0 Å². The van der Waals surface area contributed by atoms with Gasteiger partial charge in [0.2, 0.25) is 0 Å². The third-order valence-corrected chi connectivity index (χ3v) is 8.76. The van der Waals surface area contributed by atoms with Crippen LogP contribution < -0.4 is 19.3 Å². The van der Waals surface area contributed by atoms with Gasteiger partial charge in [-0.3, -0.25) is 9.10 Å². The summed E-state index contributed by atoms with van der Waals surface area (Å²) < 4.78 is 47.0. The van der Waals surface area contributed by atoms with Crippen LogP contribution in [0.3, 0.4) is 0 Å². The summed E-state index contributed by atoms with van der Waals surface area (Å²) in [4.78, 5) is 16.2. The Morgan fingerprint density at radius 3 is 2.45 bits per heavy atom. The molecule has 1 unspecified atom stereocenters. The zero-order valence-corrected chi connectivity index (χ0v) is 25.1. The van der Waals surface area contributed by atoms with Gasteiger partial charge in [0.05, 0.1) is 25.7 Å². The molecular weight excluding hydrogens is 605 g/mol.